The van der Waals surface area contributed by atoms with Crippen molar-refractivity contribution >= 4 is 60.8 Å². The number of benzene rings is 2. The van der Waals surface area contributed by atoms with Crippen molar-refractivity contribution in [2.24, 2.45) is 0 Å². The summed E-state index contributed by atoms with van der Waals surface area (Å²) in [5, 5.41) is 10.7. The summed E-state index contributed by atoms with van der Waals surface area (Å²) >= 11 is 7.68. The van der Waals surface area contributed by atoms with Gasteiger partial charge in [0.25, 0.3) is 5.91 Å². The number of piperazine rings is 1. The van der Waals surface area contributed by atoms with E-state index in [-0.39, 0.29) is 92.7 Å². The molecule has 0 unspecified atom stereocenters. The van der Waals surface area contributed by atoms with E-state index >= 15 is 4.39 Å². The third-order valence-corrected chi connectivity index (χ3v) is 9.39. The lowest BCUT2D eigenvalue weighted by atomic mass is 9.99. The predicted molar refractivity (Wildman–Crippen MR) is 165 cm³/mol. The van der Waals surface area contributed by atoms with Crippen molar-refractivity contribution in [3.63, 3.8) is 0 Å². The lowest BCUT2D eigenvalue weighted by molar-refractivity contribution is -0.128. The van der Waals surface area contributed by atoms with E-state index in [9.17, 15) is 18.8 Å². The maximum absolute atomic E-state index is 16.7. The zero-order chi connectivity index (χ0) is 31.3. The Hall–Kier alpha value is -4.12. The molecule has 14 heteroatoms. The van der Waals surface area contributed by atoms with Gasteiger partial charge in [-0.1, -0.05) is 29.5 Å². The zero-order valence-corrected chi connectivity index (χ0v) is 25.2. The normalized spacial score (nSPS) is 17.4. The molecule has 2 aliphatic rings. The molecule has 4 aromatic rings. The number of aromatic nitrogens is 2. The second kappa shape index (κ2) is 11.8. The number of nitriles is 1. The van der Waals surface area contributed by atoms with E-state index in [2.05, 4.69) is 27.5 Å². The van der Waals surface area contributed by atoms with Crippen LogP contribution in [0.1, 0.15) is 18.4 Å². The molecule has 0 aliphatic carbocycles. The van der Waals surface area contributed by atoms with Gasteiger partial charge in [-0.15, -0.1) is 0 Å². The van der Waals surface area contributed by atoms with Crippen molar-refractivity contribution in [2.75, 3.05) is 57.0 Å². The number of likely N-dealkylation sites (tertiary alicyclic amines) is 1. The van der Waals surface area contributed by atoms with Crippen molar-refractivity contribution in [3.8, 4) is 23.1 Å². The van der Waals surface area contributed by atoms with E-state index < -0.39 is 23.4 Å². The van der Waals surface area contributed by atoms with Crippen molar-refractivity contribution < 1.29 is 22.7 Å². The van der Waals surface area contributed by atoms with E-state index in [4.69, 9.17) is 22.1 Å². The molecule has 1 amide bonds. The number of likely N-dealkylation sites (N-methyl/N-ethyl adjacent to an activating group) is 1. The molecule has 2 aromatic heterocycles. The SMILES string of the molecule is C=C(F)C(=O)N1CCN(c2c(C#N)c(OC[C@@H]3CCCN3C)nc3c(F)c(-c4ccc(F)c5sc(N)nc45)c(Cl)cc23)CC1. The van der Waals surface area contributed by atoms with Gasteiger partial charge in [-0.25, -0.2) is 23.1 Å². The number of nitrogens with two attached hydrogens (primary N) is 1. The molecular weight excluding hydrogens is 615 g/mol. The highest BCUT2D eigenvalue weighted by molar-refractivity contribution is 7.22. The summed E-state index contributed by atoms with van der Waals surface area (Å²) < 4.78 is 51.1. The van der Waals surface area contributed by atoms with E-state index in [1.807, 2.05) is 11.9 Å². The second-order valence-electron chi connectivity index (χ2n) is 10.8. The number of carbonyl (C=O) groups is 1. The fraction of sp³-hybridized carbons (Fsp3) is 0.333. The molecule has 228 valence electrons. The van der Waals surface area contributed by atoms with Gasteiger partial charge in [-0.3, -0.25) is 4.79 Å². The van der Waals surface area contributed by atoms with Crippen LogP contribution in [0.4, 0.5) is 24.0 Å². The minimum Gasteiger partial charge on any atom is -0.475 e. The van der Waals surface area contributed by atoms with Crippen LogP contribution in [0.2, 0.25) is 5.02 Å². The first-order valence-corrected chi connectivity index (χ1v) is 15.1. The summed E-state index contributed by atoms with van der Waals surface area (Å²) in [6.07, 6.45) is 1.91. The summed E-state index contributed by atoms with van der Waals surface area (Å²) in [6, 6.07) is 6.38. The third-order valence-electron chi connectivity index (χ3n) is 8.20. The Morgan fingerprint density at radius 3 is 2.64 bits per heavy atom. The standard InChI is InChI=1S/C30H27ClF3N7O2S/c1-15(32)29(42)41-10-8-40(9-11-41)26-18-12-20(31)22(17-5-6-21(33)27-25(17)38-30(36)44-27)23(34)24(18)37-28(19(26)13-35)43-14-16-4-3-7-39(16)2/h5-6,12,16H,1,3-4,7-11,14H2,2H3,(H2,36,38)/t16-/m0/s1. The van der Waals surface area contributed by atoms with Gasteiger partial charge in [-0.2, -0.15) is 5.26 Å². The lowest BCUT2D eigenvalue weighted by Gasteiger charge is -2.37. The maximum atomic E-state index is 16.7. The Morgan fingerprint density at radius 1 is 1.23 bits per heavy atom. The monoisotopic (exact) mass is 641 g/mol. The van der Waals surface area contributed by atoms with Gasteiger partial charge in [-0.05, 0) is 44.6 Å². The predicted octanol–water partition coefficient (Wildman–Crippen LogP) is 5.50. The molecule has 0 radical (unpaired) electrons. The van der Waals surface area contributed by atoms with Crippen molar-refractivity contribution in [1.29, 1.82) is 5.26 Å². The van der Waals surface area contributed by atoms with Crippen molar-refractivity contribution in [3.05, 3.63) is 52.8 Å². The van der Waals surface area contributed by atoms with E-state index in [0.29, 0.717) is 5.69 Å². The number of ether oxygens (including phenoxy) is 1. The van der Waals surface area contributed by atoms with Crippen LogP contribution in [0.3, 0.4) is 0 Å². The van der Waals surface area contributed by atoms with Crippen LogP contribution in [0.5, 0.6) is 5.88 Å². The van der Waals surface area contributed by atoms with Crippen LogP contribution in [0, 0.1) is 23.0 Å². The molecule has 6 rings (SSSR count). The topological polar surface area (TPSA) is 112 Å². The number of hydrogen-bond acceptors (Lipinski definition) is 9. The molecule has 0 saturated carbocycles. The van der Waals surface area contributed by atoms with Crippen LogP contribution in [-0.2, 0) is 4.79 Å². The Bertz CT molecular complexity index is 1870. The number of carbonyl (C=O) groups excluding carboxylic acids is 1. The van der Waals surface area contributed by atoms with Gasteiger partial charge in [0.05, 0.1) is 20.9 Å². The first-order valence-electron chi connectivity index (χ1n) is 13.9. The number of pyridine rings is 1. The van der Waals surface area contributed by atoms with E-state index in [0.717, 1.165) is 30.7 Å². The molecule has 0 spiro atoms. The number of halogens is 4. The number of anilines is 2. The quantitative estimate of drug-likeness (QED) is 0.275. The summed E-state index contributed by atoms with van der Waals surface area (Å²) in [6.45, 7) is 4.97. The number of thiazole rings is 1. The second-order valence-corrected chi connectivity index (χ2v) is 12.2. The summed E-state index contributed by atoms with van der Waals surface area (Å²) in [7, 11) is 1.99. The number of hydrogen-bond donors (Lipinski definition) is 1. The van der Waals surface area contributed by atoms with Crippen LogP contribution >= 0.6 is 22.9 Å². The van der Waals surface area contributed by atoms with Crippen LogP contribution in [0.15, 0.2) is 30.6 Å². The maximum Gasteiger partial charge on any atom is 0.282 e. The van der Waals surface area contributed by atoms with E-state index in [1.165, 1.54) is 23.1 Å². The molecule has 9 nitrogen and oxygen atoms in total. The van der Waals surface area contributed by atoms with Crippen LogP contribution in [-0.4, -0.2) is 78.1 Å². The smallest absolute Gasteiger partial charge is 0.282 e. The summed E-state index contributed by atoms with van der Waals surface area (Å²) in [4.78, 5) is 26.2. The zero-order valence-electron chi connectivity index (χ0n) is 23.7. The largest absolute Gasteiger partial charge is 0.475 e. The molecule has 2 aliphatic heterocycles. The average Bonchev–Trinajstić information content (AvgIpc) is 3.61. The Labute approximate surface area is 259 Å². The molecule has 1 atom stereocenters. The molecule has 2 fully saturated rings. The minimum atomic E-state index is -1.06. The molecule has 2 aromatic carbocycles. The van der Waals surface area contributed by atoms with Crippen molar-refractivity contribution in [1.82, 2.24) is 19.8 Å². The molecule has 2 N–H and O–H groups in total. The summed E-state index contributed by atoms with van der Waals surface area (Å²) in [5.74, 6) is -3.25. The molecular formula is C30H27ClF3N7O2S. The van der Waals surface area contributed by atoms with Crippen molar-refractivity contribution in [2.45, 2.75) is 18.9 Å². The minimum absolute atomic E-state index is 0.00906. The number of amides is 1. The highest BCUT2D eigenvalue weighted by atomic mass is 35.5. The molecule has 2 saturated heterocycles. The third kappa shape index (κ3) is 5.16. The van der Waals surface area contributed by atoms with Gasteiger partial charge < -0.3 is 25.2 Å². The van der Waals surface area contributed by atoms with Gasteiger partial charge in [0, 0.05) is 48.7 Å². The first-order chi connectivity index (χ1) is 21.1. The summed E-state index contributed by atoms with van der Waals surface area (Å²) in [5.41, 5.74) is 6.54. The Morgan fingerprint density at radius 2 is 1.98 bits per heavy atom. The molecule has 0 bridgehead atoms. The molecule has 4 heterocycles. The fourth-order valence-electron chi connectivity index (χ4n) is 5.94. The van der Waals surface area contributed by atoms with Gasteiger partial charge in [0.1, 0.15) is 29.6 Å². The number of rotatable bonds is 6. The van der Waals surface area contributed by atoms with Crippen LogP contribution < -0.4 is 15.4 Å². The lowest BCUT2D eigenvalue weighted by Crippen LogP contribution is -2.49. The Balaban J connectivity index is 1.52. The fourth-order valence-corrected chi connectivity index (χ4v) is 6.99. The van der Waals surface area contributed by atoms with Gasteiger partial charge in [0.2, 0.25) is 5.88 Å². The van der Waals surface area contributed by atoms with Crippen LogP contribution in [0.25, 0.3) is 32.2 Å². The van der Waals surface area contributed by atoms with E-state index in [1.54, 1.807) is 0 Å². The Kier molecular flexibility index (Phi) is 8.00. The number of fused-ring (bicyclic) bond motifs is 2. The number of nitrogens with zero attached hydrogens (tertiary/aromatic N) is 6. The van der Waals surface area contributed by atoms with Gasteiger partial charge in [0.15, 0.2) is 16.8 Å². The molecule has 44 heavy (non-hydrogen) atoms. The number of nitrogen functional groups attached to an aromatic ring is 1. The highest BCUT2D eigenvalue weighted by Gasteiger charge is 2.31. The first kappa shape index (κ1) is 29.9. The highest BCUT2D eigenvalue weighted by Crippen LogP contribution is 2.45. The average molecular weight is 642 g/mol. The van der Waals surface area contributed by atoms with Gasteiger partial charge >= 0.3 is 0 Å².